The monoisotopic (exact) mass is 481 g/mol. The van der Waals surface area contributed by atoms with Crippen molar-refractivity contribution in [3.05, 3.63) is 89.4 Å². The van der Waals surface area contributed by atoms with Crippen LogP contribution in [0.5, 0.6) is 5.75 Å². The zero-order valence-corrected chi connectivity index (χ0v) is 18.6. The van der Waals surface area contributed by atoms with Gasteiger partial charge in [-0.15, -0.1) is 0 Å². The Kier molecular flexibility index (Phi) is 6.72. The molecule has 4 N–H and O–H groups in total. The van der Waals surface area contributed by atoms with Crippen LogP contribution in [-0.4, -0.2) is 32.5 Å². The topological polar surface area (TPSA) is 103 Å². The molecule has 1 amide bonds. The van der Waals surface area contributed by atoms with Gasteiger partial charge in [-0.2, -0.15) is 13.2 Å². The third-order valence-electron chi connectivity index (χ3n) is 5.29. The summed E-state index contributed by atoms with van der Waals surface area (Å²) in [4.78, 5) is 24.0. The number of carbonyl (C=O) groups excluding carboxylic acids is 1. The summed E-state index contributed by atoms with van der Waals surface area (Å²) in [6.07, 6.45) is -0.805. The lowest BCUT2D eigenvalue weighted by Gasteiger charge is -2.11. The Balaban J connectivity index is 1.45. The van der Waals surface area contributed by atoms with Crippen molar-refractivity contribution in [1.82, 2.24) is 20.3 Å². The van der Waals surface area contributed by atoms with E-state index in [1.54, 1.807) is 43.6 Å². The number of phenols is 1. The molecule has 0 aliphatic heterocycles. The van der Waals surface area contributed by atoms with Gasteiger partial charge in [-0.25, -0.2) is 9.97 Å². The van der Waals surface area contributed by atoms with Crippen molar-refractivity contribution in [3.8, 4) is 17.0 Å². The summed E-state index contributed by atoms with van der Waals surface area (Å²) in [5.41, 5.74) is 2.36. The van der Waals surface area contributed by atoms with E-state index < -0.39 is 11.7 Å². The maximum absolute atomic E-state index is 13.0. The minimum absolute atomic E-state index is 0.125. The van der Waals surface area contributed by atoms with Gasteiger partial charge in [-0.05, 0) is 54.8 Å². The molecule has 0 spiro atoms. The van der Waals surface area contributed by atoms with Gasteiger partial charge in [0.25, 0.3) is 5.91 Å². The Bertz CT molecular complexity index is 1350. The van der Waals surface area contributed by atoms with Gasteiger partial charge in [0, 0.05) is 30.2 Å². The molecule has 4 aromatic rings. The lowest BCUT2D eigenvalue weighted by molar-refractivity contribution is -0.137. The van der Waals surface area contributed by atoms with E-state index in [2.05, 4.69) is 25.6 Å². The number of phenolic OH excluding ortho intramolecular Hbond substituents is 1. The van der Waals surface area contributed by atoms with Crippen molar-refractivity contribution >= 4 is 17.5 Å². The highest BCUT2D eigenvalue weighted by molar-refractivity contribution is 5.93. The van der Waals surface area contributed by atoms with Crippen molar-refractivity contribution < 1.29 is 23.1 Å². The summed E-state index contributed by atoms with van der Waals surface area (Å²) in [6, 6.07) is 13.3. The first-order valence-corrected chi connectivity index (χ1v) is 10.7. The van der Waals surface area contributed by atoms with E-state index in [1.807, 2.05) is 6.07 Å². The second kappa shape index (κ2) is 9.88. The predicted molar refractivity (Wildman–Crippen MR) is 125 cm³/mol. The Labute approximate surface area is 199 Å². The fourth-order valence-corrected chi connectivity index (χ4v) is 3.49. The highest BCUT2D eigenvalue weighted by atomic mass is 19.4. The van der Waals surface area contributed by atoms with Crippen LogP contribution in [0, 0.1) is 6.92 Å². The van der Waals surface area contributed by atoms with E-state index in [9.17, 15) is 23.1 Å². The van der Waals surface area contributed by atoms with Crippen LogP contribution >= 0.6 is 0 Å². The van der Waals surface area contributed by atoms with Crippen molar-refractivity contribution in [1.29, 1.82) is 0 Å². The number of rotatable bonds is 7. The van der Waals surface area contributed by atoms with Crippen LogP contribution < -0.4 is 10.6 Å². The number of halogens is 3. The molecular formula is C25H22F3N5O2. The number of H-pyrrole nitrogens is 1. The molecule has 0 atom stereocenters. The number of aromatic amines is 1. The number of aromatic nitrogens is 3. The molecule has 10 heteroatoms. The summed E-state index contributed by atoms with van der Waals surface area (Å²) in [6.45, 7) is 2.13. The Hall–Kier alpha value is -4.34. The highest BCUT2D eigenvalue weighted by Gasteiger charge is 2.30. The molecule has 0 aliphatic rings. The Morgan fingerprint density at radius 1 is 1.11 bits per heavy atom. The quantitative estimate of drug-likeness (QED) is 0.290. The van der Waals surface area contributed by atoms with E-state index >= 15 is 0 Å². The number of carbonyl (C=O) groups is 1. The molecule has 0 fully saturated rings. The summed E-state index contributed by atoms with van der Waals surface area (Å²) in [5.74, 6) is -0.0156. The molecule has 4 rings (SSSR count). The lowest BCUT2D eigenvalue weighted by Crippen LogP contribution is -2.25. The van der Waals surface area contributed by atoms with Crippen molar-refractivity contribution in [3.63, 3.8) is 0 Å². The first kappa shape index (κ1) is 23.8. The van der Waals surface area contributed by atoms with Gasteiger partial charge in [0.1, 0.15) is 11.4 Å². The van der Waals surface area contributed by atoms with Crippen LogP contribution in [0.25, 0.3) is 11.3 Å². The lowest BCUT2D eigenvalue weighted by atomic mass is 10.1. The molecule has 0 saturated heterocycles. The van der Waals surface area contributed by atoms with Gasteiger partial charge in [0.2, 0.25) is 5.95 Å². The van der Waals surface area contributed by atoms with Gasteiger partial charge in [-0.1, -0.05) is 24.3 Å². The number of aromatic hydroxyl groups is 1. The van der Waals surface area contributed by atoms with Crippen molar-refractivity contribution in [2.24, 2.45) is 0 Å². The average Bonchev–Trinajstić information content (AvgIpc) is 3.31. The summed E-state index contributed by atoms with van der Waals surface area (Å²) in [5, 5.41) is 15.4. The van der Waals surface area contributed by atoms with E-state index in [4.69, 9.17) is 0 Å². The minimum atomic E-state index is -4.46. The first-order chi connectivity index (χ1) is 16.7. The maximum atomic E-state index is 13.0. The van der Waals surface area contributed by atoms with Crippen LogP contribution in [0.4, 0.5) is 24.8 Å². The largest absolute Gasteiger partial charge is 0.508 e. The molecule has 7 nitrogen and oxygen atoms in total. The molecule has 0 bridgehead atoms. The van der Waals surface area contributed by atoms with Crippen molar-refractivity contribution in [2.45, 2.75) is 19.5 Å². The van der Waals surface area contributed by atoms with Crippen molar-refractivity contribution in [2.75, 3.05) is 11.9 Å². The number of nitrogens with one attached hydrogen (secondary N) is 3. The zero-order valence-electron chi connectivity index (χ0n) is 18.6. The molecular weight excluding hydrogens is 459 g/mol. The number of alkyl halides is 3. The summed E-state index contributed by atoms with van der Waals surface area (Å²) in [7, 11) is 0. The SMILES string of the molecule is Cc1cnc(Nc2cccc(C(F)(F)F)c2)nc1-c1c[nH]c(C(=O)NCCc2ccccc2O)c1. The summed E-state index contributed by atoms with van der Waals surface area (Å²) >= 11 is 0. The fraction of sp³-hybridized carbons (Fsp3) is 0.160. The molecule has 2 aromatic heterocycles. The van der Waals surface area contributed by atoms with E-state index in [0.29, 0.717) is 29.9 Å². The first-order valence-electron chi connectivity index (χ1n) is 10.7. The molecule has 180 valence electrons. The molecule has 2 aromatic carbocycles. The molecule has 2 heterocycles. The second-order valence-corrected chi connectivity index (χ2v) is 7.87. The van der Waals surface area contributed by atoms with E-state index in [1.165, 1.54) is 12.1 Å². The number of hydrogen-bond donors (Lipinski definition) is 4. The number of aryl methyl sites for hydroxylation is 1. The average molecular weight is 481 g/mol. The smallest absolute Gasteiger partial charge is 0.416 e. The highest BCUT2D eigenvalue weighted by Crippen LogP contribution is 2.31. The second-order valence-electron chi connectivity index (χ2n) is 7.87. The van der Waals surface area contributed by atoms with Crippen LogP contribution in [0.15, 0.2) is 67.0 Å². The van der Waals surface area contributed by atoms with E-state index in [0.717, 1.165) is 23.3 Å². The minimum Gasteiger partial charge on any atom is -0.508 e. The number of benzene rings is 2. The summed E-state index contributed by atoms with van der Waals surface area (Å²) < 4.78 is 39.0. The predicted octanol–water partition coefficient (Wildman–Crippen LogP) is 5.22. The van der Waals surface area contributed by atoms with Gasteiger partial charge in [0.15, 0.2) is 0 Å². The van der Waals surface area contributed by atoms with Crippen LogP contribution in [0.2, 0.25) is 0 Å². The number of hydrogen-bond acceptors (Lipinski definition) is 5. The normalized spacial score (nSPS) is 11.3. The van der Waals surface area contributed by atoms with Crippen LogP contribution in [-0.2, 0) is 12.6 Å². The molecule has 0 saturated carbocycles. The molecule has 0 aliphatic carbocycles. The number of amides is 1. The Morgan fingerprint density at radius 3 is 2.69 bits per heavy atom. The van der Waals surface area contributed by atoms with E-state index in [-0.39, 0.29) is 23.3 Å². The number of anilines is 2. The van der Waals surface area contributed by atoms with Gasteiger partial charge >= 0.3 is 6.18 Å². The Morgan fingerprint density at radius 2 is 1.91 bits per heavy atom. The van der Waals surface area contributed by atoms with Gasteiger partial charge < -0.3 is 20.7 Å². The van der Waals surface area contributed by atoms with Gasteiger partial charge in [-0.3, -0.25) is 4.79 Å². The third-order valence-corrected chi connectivity index (χ3v) is 5.29. The van der Waals surface area contributed by atoms with Gasteiger partial charge in [0.05, 0.1) is 11.3 Å². The molecule has 0 radical (unpaired) electrons. The third kappa shape index (κ3) is 5.78. The maximum Gasteiger partial charge on any atom is 0.416 e. The molecule has 35 heavy (non-hydrogen) atoms. The standard InChI is InChI=1S/C25H22F3N5O2/c1-15-13-31-24(32-19-7-4-6-18(12-19)25(26,27)28)33-22(15)17-11-20(30-14-17)23(35)29-10-9-16-5-2-3-8-21(16)34/h2-8,11-14,30,34H,9-10H2,1H3,(H,29,35)(H,31,32,33). The molecule has 0 unspecified atom stereocenters. The fourth-order valence-electron chi connectivity index (χ4n) is 3.49. The number of para-hydroxylation sites is 1. The number of nitrogens with zero attached hydrogens (tertiary/aromatic N) is 2. The van der Waals surface area contributed by atoms with Crippen LogP contribution in [0.1, 0.15) is 27.2 Å². The van der Waals surface area contributed by atoms with Crippen LogP contribution in [0.3, 0.4) is 0 Å². The zero-order chi connectivity index (χ0) is 25.0.